The van der Waals surface area contributed by atoms with Gasteiger partial charge >= 0.3 is 12.0 Å². The molecule has 0 bridgehead atoms. The average Bonchev–Trinajstić information content (AvgIpc) is 2.80. The van der Waals surface area contributed by atoms with Crippen LogP contribution >= 0.6 is 0 Å². The fourth-order valence-electron chi connectivity index (χ4n) is 1.86. The molecule has 0 saturated carbocycles. The Bertz CT molecular complexity index is 445. The van der Waals surface area contributed by atoms with Gasteiger partial charge in [-0.2, -0.15) is 0 Å². The van der Waals surface area contributed by atoms with Crippen LogP contribution in [0.25, 0.3) is 0 Å². The van der Waals surface area contributed by atoms with Gasteiger partial charge in [0.05, 0.1) is 5.92 Å². The lowest BCUT2D eigenvalue weighted by molar-refractivity contribution is -0.141. The van der Waals surface area contributed by atoms with Crippen molar-refractivity contribution >= 4 is 12.0 Å². The van der Waals surface area contributed by atoms with Gasteiger partial charge in [-0.1, -0.05) is 13.3 Å². The average molecular weight is 282 g/mol. The maximum absolute atomic E-state index is 11.5. The van der Waals surface area contributed by atoms with Gasteiger partial charge in [0.1, 0.15) is 5.82 Å². The first-order chi connectivity index (χ1) is 9.54. The number of hydrogen-bond donors (Lipinski definition) is 3. The molecule has 1 atom stereocenters. The Morgan fingerprint density at radius 1 is 1.45 bits per heavy atom. The van der Waals surface area contributed by atoms with Crippen LogP contribution < -0.4 is 10.6 Å². The zero-order valence-electron chi connectivity index (χ0n) is 11.9. The van der Waals surface area contributed by atoms with E-state index in [1.807, 2.05) is 24.7 Å². The van der Waals surface area contributed by atoms with Crippen LogP contribution in [0.1, 0.15) is 25.6 Å². The Hall–Kier alpha value is -2.05. The summed E-state index contributed by atoms with van der Waals surface area (Å²) in [7, 11) is 1.89. The molecule has 0 aromatic carbocycles. The zero-order chi connectivity index (χ0) is 15.0. The van der Waals surface area contributed by atoms with Crippen LogP contribution in [-0.4, -0.2) is 39.7 Å². The smallest absolute Gasteiger partial charge is 0.314 e. The van der Waals surface area contributed by atoms with Gasteiger partial charge in [-0.25, -0.2) is 9.78 Å². The fourth-order valence-corrected chi connectivity index (χ4v) is 1.86. The summed E-state index contributed by atoms with van der Waals surface area (Å²) in [6.07, 6.45) is 5.52. The van der Waals surface area contributed by atoms with Crippen molar-refractivity contribution in [2.45, 2.75) is 26.2 Å². The number of carbonyl (C=O) groups is 2. The van der Waals surface area contributed by atoms with Crippen molar-refractivity contribution in [2.75, 3.05) is 13.1 Å². The number of amides is 2. The van der Waals surface area contributed by atoms with Gasteiger partial charge in [-0.3, -0.25) is 4.79 Å². The van der Waals surface area contributed by atoms with E-state index >= 15 is 0 Å². The van der Waals surface area contributed by atoms with Crippen LogP contribution in [0, 0.1) is 5.92 Å². The van der Waals surface area contributed by atoms with E-state index in [1.165, 1.54) is 0 Å². The third-order valence-corrected chi connectivity index (χ3v) is 3.05. The van der Waals surface area contributed by atoms with Crippen molar-refractivity contribution in [1.29, 1.82) is 0 Å². The van der Waals surface area contributed by atoms with E-state index < -0.39 is 11.9 Å². The minimum absolute atomic E-state index is 0.150. The number of nitrogens with zero attached hydrogens (tertiary/aromatic N) is 2. The molecule has 1 unspecified atom stereocenters. The quantitative estimate of drug-likeness (QED) is 0.656. The molecular formula is C13H22N4O3. The molecular weight excluding hydrogens is 260 g/mol. The molecule has 1 rings (SSSR count). The molecule has 0 aliphatic rings. The molecule has 0 fully saturated rings. The highest BCUT2D eigenvalue weighted by atomic mass is 16.4. The normalized spacial score (nSPS) is 11.9. The monoisotopic (exact) mass is 282 g/mol. The first-order valence-electron chi connectivity index (χ1n) is 6.75. The van der Waals surface area contributed by atoms with Crippen molar-refractivity contribution in [2.24, 2.45) is 13.0 Å². The second-order valence-corrected chi connectivity index (χ2v) is 4.67. The summed E-state index contributed by atoms with van der Waals surface area (Å²) >= 11 is 0. The summed E-state index contributed by atoms with van der Waals surface area (Å²) in [4.78, 5) is 26.6. The predicted octanol–water partition coefficient (Wildman–Crippen LogP) is 0.763. The van der Waals surface area contributed by atoms with E-state index in [2.05, 4.69) is 15.6 Å². The summed E-state index contributed by atoms with van der Waals surface area (Å²) in [6, 6.07) is -0.346. The van der Waals surface area contributed by atoms with Crippen molar-refractivity contribution < 1.29 is 14.7 Å². The standard InChI is InChI=1S/C13H22N4O3/c1-3-4-10(12(18)19)9-16-13(20)15-6-5-11-14-7-8-17(11)2/h7-8,10H,3-6,9H2,1-2H3,(H,18,19)(H2,15,16,20). The molecule has 1 heterocycles. The number of nitrogens with one attached hydrogen (secondary N) is 2. The molecule has 112 valence electrons. The minimum atomic E-state index is -0.875. The summed E-state index contributed by atoms with van der Waals surface area (Å²) in [5, 5.41) is 14.2. The first-order valence-corrected chi connectivity index (χ1v) is 6.75. The minimum Gasteiger partial charge on any atom is -0.481 e. The first kappa shape index (κ1) is 16.0. The highest BCUT2D eigenvalue weighted by molar-refractivity contribution is 5.75. The summed E-state index contributed by atoms with van der Waals surface area (Å²) in [6.45, 7) is 2.53. The van der Waals surface area contributed by atoms with Crippen molar-refractivity contribution in [1.82, 2.24) is 20.2 Å². The largest absolute Gasteiger partial charge is 0.481 e. The molecule has 2 amide bonds. The number of carboxylic acids is 1. The van der Waals surface area contributed by atoms with Gasteiger partial charge in [-0.05, 0) is 6.42 Å². The van der Waals surface area contributed by atoms with Gasteiger partial charge in [-0.15, -0.1) is 0 Å². The lowest BCUT2D eigenvalue weighted by Gasteiger charge is -2.13. The zero-order valence-corrected chi connectivity index (χ0v) is 11.9. The SMILES string of the molecule is CCCC(CNC(=O)NCCc1nccn1C)C(=O)O. The van der Waals surface area contributed by atoms with Crippen LogP contribution in [0.5, 0.6) is 0 Å². The molecule has 0 aliphatic carbocycles. The number of carbonyl (C=O) groups excluding carboxylic acids is 1. The van der Waals surface area contributed by atoms with Crippen LogP contribution in [0.2, 0.25) is 0 Å². The van der Waals surface area contributed by atoms with Gasteiger partial charge in [0, 0.05) is 39.0 Å². The number of carboxylic acid groups (broad SMARTS) is 1. The van der Waals surface area contributed by atoms with Crippen LogP contribution in [-0.2, 0) is 18.3 Å². The van der Waals surface area contributed by atoms with Gasteiger partial charge in [0.2, 0.25) is 0 Å². The number of aryl methyl sites for hydroxylation is 1. The summed E-state index contributed by atoms with van der Waals surface area (Å²) < 4.78 is 1.89. The molecule has 0 saturated heterocycles. The van der Waals surface area contributed by atoms with E-state index in [9.17, 15) is 9.59 Å². The third kappa shape index (κ3) is 5.29. The van der Waals surface area contributed by atoms with Crippen molar-refractivity contribution in [3.05, 3.63) is 18.2 Å². The highest BCUT2D eigenvalue weighted by Crippen LogP contribution is 2.04. The molecule has 0 radical (unpaired) electrons. The molecule has 0 spiro atoms. The van der Waals surface area contributed by atoms with Crippen LogP contribution in [0.15, 0.2) is 12.4 Å². The lowest BCUT2D eigenvalue weighted by Crippen LogP contribution is -2.40. The molecule has 7 nitrogen and oxygen atoms in total. The Labute approximate surface area is 118 Å². The second-order valence-electron chi connectivity index (χ2n) is 4.67. The summed E-state index contributed by atoms with van der Waals surface area (Å²) in [5.74, 6) is -0.514. The van der Waals surface area contributed by atoms with Gasteiger partial charge < -0.3 is 20.3 Å². The molecule has 1 aromatic rings. The lowest BCUT2D eigenvalue weighted by atomic mass is 10.0. The number of imidazole rings is 1. The Kier molecular flexibility index (Phi) is 6.55. The van der Waals surface area contributed by atoms with Gasteiger partial charge in [0.25, 0.3) is 0 Å². The van der Waals surface area contributed by atoms with Crippen molar-refractivity contribution in [3.8, 4) is 0 Å². The number of rotatable bonds is 8. The Balaban J connectivity index is 2.23. The Morgan fingerprint density at radius 2 is 2.20 bits per heavy atom. The number of aromatic nitrogens is 2. The van der Waals surface area contributed by atoms with Gasteiger partial charge in [0.15, 0.2) is 0 Å². The molecule has 20 heavy (non-hydrogen) atoms. The van der Waals surface area contributed by atoms with E-state index in [1.54, 1.807) is 6.20 Å². The third-order valence-electron chi connectivity index (χ3n) is 3.05. The van der Waals surface area contributed by atoms with E-state index in [-0.39, 0.29) is 12.6 Å². The topological polar surface area (TPSA) is 96.3 Å². The van der Waals surface area contributed by atoms with Crippen LogP contribution in [0.3, 0.4) is 0 Å². The van der Waals surface area contributed by atoms with Crippen LogP contribution in [0.4, 0.5) is 4.79 Å². The molecule has 7 heteroatoms. The van der Waals surface area contributed by atoms with E-state index in [0.717, 1.165) is 12.2 Å². The Morgan fingerprint density at radius 3 is 2.75 bits per heavy atom. The summed E-state index contributed by atoms with van der Waals surface area (Å²) in [5.41, 5.74) is 0. The van der Waals surface area contributed by atoms with Crippen molar-refractivity contribution in [3.63, 3.8) is 0 Å². The fraction of sp³-hybridized carbons (Fsp3) is 0.615. The van der Waals surface area contributed by atoms with E-state index in [0.29, 0.717) is 19.4 Å². The van der Waals surface area contributed by atoms with E-state index in [4.69, 9.17) is 5.11 Å². The molecule has 3 N–H and O–H groups in total. The highest BCUT2D eigenvalue weighted by Gasteiger charge is 2.16. The maximum Gasteiger partial charge on any atom is 0.314 e. The molecule has 1 aromatic heterocycles. The second kappa shape index (κ2) is 8.19. The molecule has 0 aliphatic heterocycles. The predicted molar refractivity (Wildman–Crippen MR) is 74.3 cm³/mol. The number of hydrogen-bond acceptors (Lipinski definition) is 3. The maximum atomic E-state index is 11.5. The number of urea groups is 1. The number of aliphatic carboxylic acids is 1.